The van der Waals surface area contributed by atoms with Crippen molar-refractivity contribution >= 4 is 23.4 Å². The van der Waals surface area contributed by atoms with Gasteiger partial charge >= 0.3 is 0 Å². The summed E-state index contributed by atoms with van der Waals surface area (Å²) in [5.41, 5.74) is 2.04. The second-order valence-electron chi connectivity index (χ2n) is 8.69. The molecule has 0 spiro atoms. The van der Waals surface area contributed by atoms with E-state index in [-0.39, 0.29) is 23.8 Å². The fourth-order valence-electron chi connectivity index (χ4n) is 3.90. The van der Waals surface area contributed by atoms with E-state index in [0.29, 0.717) is 6.42 Å². The van der Waals surface area contributed by atoms with E-state index in [4.69, 9.17) is 11.6 Å². The molecule has 0 aromatic heterocycles. The van der Waals surface area contributed by atoms with Gasteiger partial charge in [-0.2, -0.15) is 0 Å². The minimum Gasteiger partial charge on any atom is -0.351 e. The standard InChI is InChI=1S/C25H32ClN3O2/c1-18(2)16-23(30)28-24(20-6-4-3-5-7-20)25(31)27-22-12-14-29(15-13-22)17-19-8-10-21(26)11-9-19/h3-11,18,22,24H,12-17H2,1-2H3,(H,27,31)(H,28,30). The normalized spacial score (nSPS) is 16.1. The van der Waals surface area contributed by atoms with Crippen LogP contribution in [0.1, 0.15) is 50.3 Å². The maximum Gasteiger partial charge on any atom is 0.247 e. The highest BCUT2D eigenvalue weighted by Crippen LogP contribution is 2.18. The molecule has 1 aliphatic heterocycles. The molecule has 1 aliphatic rings. The number of nitrogens with one attached hydrogen (secondary N) is 2. The van der Waals surface area contributed by atoms with Crippen molar-refractivity contribution in [3.63, 3.8) is 0 Å². The van der Waals surface area contributed by atoms with E-state index < -0.39 is 6.04 Å². The monoisotopic (exact) mass is 441 g/mol. The fourth-order valence-corrected chi connectivity index (χ4v) is 4.03. The van der Waals surface area contributed by atoms with Crippen LogP contribution in [0.2, 0.25) is 5.02 Å². The number of hydrogen-bond donors (Lipinski definition) is 2. The lowest BCUT2D eigenvalue weighted by atomic mass is 10.0. The molecule has 2 aromatic rings. The van der Waals surface area contributed by atoms with Gasteiger partial charge in [-0.1, -0.05) is 67.9 Å². The number of likely N-dealkylation sites (tertiary alicyclic amines) is 1. The second kappa shape index (κ2) is 11.3. The predicted molar refractivity (Wildman–Crippen MR) is 125 cm³/mol. The minimum atomic E-state index is -0.667. The van der Waals surface area contributed by atoms with Crippen molar-refractivity contribution in [3.05, 3.63) is 70.7 Å². The van der Waals surface area contributed by atoms with Crippen molar-refractivity contribution in [2.24, 2.45) is 5.92 Å². The number of carbonyl (C=O) groups is 2. The third kappa shape index (κ3) is 7.37. The van der Waals surface area contributed by atoms with Crippen molar-refractivity contribution in [3.8, 4) is 0 Å². The Morgan fingerprint density at radius 1 is 1.03 bits per heavy atom. The molecule has 0 aliphatic carbocycles. The topological polar surface area (TPSA) is 61.4 Å². The molecule has 1 saturated heterocycles. The smallest absolute Gasteiger partial charge is 0.247 e. The first kappa shape index (κ1) is 23.3. The maximum absolute atomic E-state index is 13.1. The van der Waals surface area contributed by atoms with E-state index in [1.165, 1.54) is 5.56 Å². The summed E-state index contributed by atoms with van der Waals surface area (Å²) < 4.78 is 0. The van der Waals surface area contributed by atoms with Crippen molar-refractivity contribution < 1.29 is 9.59 Å². The van der Waals surface area contributed by atoms with E-state index in [9.17, 15) is 9.59 Å². The molecule has 3 rings (SSSR count). The first-order chi connectivity index (χ1) is 14.9. The summed E-state index contributed by atoms with van der Waals surface area (Å²) in [7, 11) is 0. The van der Waals surface area contributed by atoms with Crippen LogP contribution in [0.3, 0.4) is 0 Å². The maximum atomic E-state index is 13.1. The zero-order valence-electron chi connectivity index (χ0n) is 18.3. The Morgan fingerprint density at radius 3 is 2.29 bits per heavy atom. The number of hydrogen-bond acceptors (Lipinski definition) is 3. The molecular weight excluding hydrogens is 410 g/mol. The third-order valence-corrected chi connectivity index (χ3v) is 5.80. The molecule has 166 valence electrons. The molecule has 6 heteroatoms. The molecule has 31 heavy (non-hydrogen) atoms. The molecule has 2 aromatic carbocycles. The van der Waals surface area contributed by atoms with Gasteiger partial charge in [0.1, 0.15) is 6.04 Å². The molecule has 2 amide bonds. The number of halogens is 1. The van der Waals surface area contributed by atoms with Crippen LogP contribution in [0.25, 0.3) is 0 Å². The average molecular weight is 442 g/mol. The highest BCUT2D eigenvalue weighted by atomic mass is 35.5. The predicted octanol–water partition coefficient (Wildman–Crippen LogP) is 4.32. The minimum absolute atomic E-state index is 0.100. The average Bonchev–Trinajstić information content (AvgIpc) is 2.75. The molecule has 1 fully saturated rings. The van der Waals surface area contributed by atoms with Gasteiger partial charge in [-0.25, -0.2) is 0 Å². The second-order valence-corrected chi connectivity index (χ2v) is 9.13. The Bertz CT molecular complexity index is 847. The highest BCUT2D eigenvalue weighted by molar-refractivity contribution is 6.30. The van der Waals surface area contributed by atoms with Gasteiger partial charge in [0.15, 0.2) is 0 Å². The lowest BCUT2D eigenvalue weighted by Crippen LogP contribution is -2.48. The summed E-state index contributed by atoms with van der Waals surface area (Å²) >= 11 is 5.97. The number of amides is 2. The summed E-state index contributed by atoms with van der Waals surface area (Å²) in [5.74, 6) is 0.000645. The van der Waals surface area contributed by atoms with E-state index in [1.54, 1.807) is 0 Å². The van der Waals surface area contributed by atoms with Gasteiger partial charge in [-0.3, -0.25) is 14.5 Å². The largest absolute Gasteiger partial charge is 0.351 e. The quantitative estimate of drug-likeness (QED) is 0.641. The third-order valence-electron chi connectivity index (χ3n) is 5.55. The number of rotatable bonds is 8. The highest BCUT2D eigenvalue weighted by Gasteiger charge is 2.27. The first-order valence-electron chi connectivity index (χ1n) is 11.0. The van der Waals surface area contributed by atoms with Crippen LogP contribution in [0, 0.1) is 5.92 Å². The van der Waals surface area contributed by atoms with Gasteiger partial charge < -0.3 is 10.6 Å². The lowest BCUT2D eigenvalue weighted by Gasteiger charge is -2.33. The Hall–Kier alpha value is -2.37. The Kier molecular flexibility index (Phi) is 8.50. The molecule has 0 saturated carbocycles. The van der Waals surface area contributed by atoms with Crippen LogP contribution in [0.5, 0.6) is 0 Å². The van der Waals surface area contributed by atoms with Crippen LogP contribution in [-0.4, -0.2) is 35.8 Å². The number of piperidine rings is 1. The van der Waals surface area contributed by atoms with Crippen molar-refractivity contribution in [1.29, 1.82) is 0 Å². The van der Waals surface area contributed by atoms with Crippen molar-refractivity contribution in [1.82, 2.24) is 15.5 Å². The Labute approximate surface area is 190 Å². The summed E-state index contributed by atoms with van der Waals surface area (Å²) in [6.07, 6.45) is 2.18. The van der Waals surface area contributed by atoms with E-state index in [2.05, 4.69) is 27.7 Å². The molecule has 1 heterocycles. The van der Waals surface area contributed by atoms with E-state index >= 15 is 0 Å². The van der Waals surface area contributed by atoms with Crippen LogP contribution in [-0.2, 0) is 16.1 Å². The SMILES string of the molecule is CC(C)CC(=O)NC(C(=O)NC1CCN(Cc2ccc(Cl)cc2)CC1)c1ccccc1. The molecular formula is C25H32ClN3O2. The van der Waals surface area contributed by atoms with Gasteiger partial charge in [0, 0.05) is 37.1 Å². The number of carbonyl (C=O) groups excluding carboxylic acids is 2. The van der Waals surface area contributed by atoms with E-state index in [1.807, 2.05) is 56.3 Å². The van der Waals surface area contributed by atoms with Crippen LogP contribution in [0.15, 0.2) is 54.6 Å². The zero-order valence-corrected chi connectivity index (χ0v) is 19.1. The molecule has 0 radical (unpaired) electrons. The summed E-state index contributed by atoms with van der Waals surface area (Å²) in [6.45, 7) is 6.71. The number of benzene rings is 2. The Morgan fingerprint density at radius 2 is 1.68 bits per heavy atom. The molecule has 0 bridgehead atoms. The van der Waals surface area contributed by atoms with Gasteiger partial charge in [0.2, 0.25) is 11.8 Å². The summed E-state index contributed by atoms with van der Waals surface area (Å²) in [6, 6.07) is 16.8. The number of nitrogens with zero attached hydrogens (tertiary/aromatic N) is 1. The van der Waals surface area contributed by atoms with Crippen molar-refractivity contribution in [2.75, 3.05) is 13.1 Å². The zero-order chi connectivity index (χ0) is 22.2. The van der Waals surface area contributed by atoms with E-state index in [0.717, 1.165) is 43.1 Å². The molecule has 2 N–H and O–H groups in total. The summed E-state index contributed by atoms with van der Waals surface area (Å²) in [5, 5.41) is 6.85. The van der Waals surface area contributed by atoms with Crippen molar-refractivity contribution in [2.45, 2.75) is 51.7 Å². The van der Waals surface area contributed by atoms with Crippen LogP contribution in [0.4, 0.5) is 0 Å². The first-order valence-corrected chi connectivity index (χ1v) is 11.4. The fraction of sp³-hybridized carbons (Fsp3) is 0.440. The van der Waals surface area contributed by atoms with Gasteiger partial charge in [0.05, 0.1) is 0 Å². The molecule has 5 nitrogen and oxygen atoms in total. The van der Waals surface area contributed by atoms with Gasteiger partial charge in [-0.05, 0) is 42.0 Å². The van der Waals surface area contributed by atoms with Gasteiger partial charge in [-0.15, -0.1) is 0 Å². The molecule has 1 atom stereocenters. The Balaban J connectivity index is 1.55. The van der Waals surface area contributed by atoms with Crippen LogP contribution >= 0.6 is 11.6 Å². The summed E-state index contributed by atoms with van der Waals surface area (Å²) in [4.78, 5) is 27.8. The lowest BCUT2D eigenvalue weighted by molar-refractivity contribution is -0.130. The van der Waals surface area contributed by atoms with Gasteiger partial charge in [0.25, 0.3) is 0 Å². The molecule has 1 unspecified atom stereocenters. The van der Waals surface area contributed by atoms with Crippen LogP contribution < -0.4 is 10.6 Å².